The Morgan fingerprint density at radius 3 is 1.89 bits per heavy atom. The van der Waals surface area contributed by atoms with Gasteiger partial charge in [-0.05, 0) is 29.8 Å². The van der Waals surface area contributed by atoms with E-state index in [1.165, 1.54) is 0 Å². The Hall–Kier alpha value is -2.14. The molecule has 0 aliphatic heterocycles. The molecule has 2 heteroatoms. The molecule has 0 N–H and O–H groups in total. The standard InChI is InChI=1S/C17H12F2/c18-17(19)12-16(17)15-10-8-14(9-11-15)7-6-13-4-2-1-3-5-13/h1-5,8-11,16H,12H2. The summed E-state index contributed by atoms with van der Waals surface area (Å²) in [5, 5.41) is 0. The molecule has 1 aliphatic carbocycles. The van der Waals surface area contributed by atoms with Crippen LogP contribution in [0.15, 0.2) is 54.6 Å². The van der Waals surface area contributed by atoms with E-state index in [4.69, 9.17) is 0 Å². The van der Waals surface area contributed by atoms with Crippen LogP contribution in [0.3, 0.4) is 0 Å². The van der Waals surface area contributed by atoms with Gasteiger partial charge < -0.3 is 0 Å². The molecule has 0 aromatic heterocycles. The average Bonchev–Trinajstić information content (AvgIpc) is 3.07. The second-order valence-electron chi connectivity index (χ2n) is 4.76. The Kier molecular flexibility index (Phi) is 2.83. The van der Waals surface area contributed by atoms with Gasteiger partial charge in [-0.1, -0.05) is 42.2 Å². The minimum atomic E-state index is -2.50. The second-order valence-corrected chi connectivity index (χ2v) is 4.76. The highest BCUT2D eigenvalue weighted by Gasteiger charge is 2.57. The lowest BCUT2D eigenvalue weighted by Gasteiger charge is -1.99. The molecule has 3 rings (SSSR count). The molecule has 0 nitrogen and oxygen atoms in total. The van der Waals surface area contributed by atoms with Crippen molar-refractivity contribution in [2.24, 2.45) is 0 Å². The number of rotatable bonds is 1. The highest BCUT2D eigenvalue weighted by atomic mass is 19.3. The van der Waals surface area contributed by atoms with Crippen molar-refractivity contribution in [1.29, 1.82) is 0 Å². The van der Waals surface area contributed by atoms with Crippen LogP contribution in [0.4, 0.5) is 8.78 Å². The van der Waals surface area contributed by atoms with Gasteiger partial charge in [0.25, 0.3) is 5.92 Å². The van der Waals surface area contributed by atoms with Crippen LogP contribution in [0.2, 0.25) is 0 Å². The molecule has 1 saturated carbocycles. The quantitative estimate of drug-likeness (QED) is 0.669. The monoisotopic (exact) mass is 254 g/mol. The summed E-state index contributed by atoms with van der Waals surface area (Å²) >= 11 is 0. The normalized spacial score (nSPS) is 19.4. The van der Waals surface area contributed by atoms with Crippen molar-refractivity contribution in [3.05, 3.63) is 71.3 Å². The summed E-state index contributed by atoms with van der Waals surface area (Å²) in [6, 6.07) is 16.8. The molecule has 0 bridgehead atoms. The SMILES string of the molecule is FC1(F)CC1c1ccc(C#Cc2ccccc2)cc1. The predicted molar refractivity (Wildman–Crippen MR) is 71.2 cm³/mol. The van der Waals surface area contributed by atoms with E-state index >= 15 is 0 Å². The second kappa shape index (κ2) is 4.51. The molecule has 0 radical (unpaired) electrons. The summed E-state index contributed by atoms with van der Waals surface area (Å²) < 4.78 is 25.8. The number of alkyl halides is 2. The zero-order chi connectivity index (χ0) is 13.3. The molecule has 1 unspecified atom stereocenters. The Morgan fingerprint density at radius 2 is 1.37 bits per heavy atom. The van der Waals surface area contributed by atoms with Crippen LogP contribution in [-0.2, 0) is 0 Å². The van der Waals surface area contributed by atoms with Gasteiger partial charge in [-0.2, -0.15) is 0 Å². The lowest BCUT2D eigenvalue weighted by Crippen LogP contribution is -1.92. The van der Waals surface area contributed by atoms with Crippen molar-refractivity contribution in [3.63, 3.8) is 0 Å². The van der Waals surface area contributed by atoms with E-state index in [0.717, 1.165) is 11.1 Å². The van der Waals surface area contributed by atoms with Crippen LogP contribution in [0, 0.1) is 11.8 Å². The lowest BCUT2D eigenvalue weighted by atomic mass is 10.1. The fourth-order valence-corrected chi connectivity index (χ4v) is 2.04. The van der Waals surface area contributed by atoms with Crippen LogP contribution in [-0.4, -0.2) is 5.92 Å². The molecular weight excluding hydrogens is 242 g/mol. The largest absolute Gasteiger partial charge is 0.255 e. The van der Waals surface area contributed by atoms with E-state index in [9.17, 15) is 8.78 Å². The minimum Gasteiger partial charge on any atom is -0.206 e. The van der Waals surface area contributed by atoms with Crippen LogP contribution < -0.4 is 0 Å². The van der Waals surface area contributed by atoms with Crippen LogP contribution in [0.5, 0.6) is 0 Å². The summed E-state index contributed by atoms with van der Waals surface area (Å²) in [4.78, 5) is 0. The summed E-state index contributed by atoms with van der Waals surface area (Å²) in [6.07, 6.45) is -0.0258. The molecule has 2 aromatic rings. The van der Waals surface area contributed by atoms with Gasteiger partial charge in [0, 0.05) is 17.5 Å². The van der Waals surface area contributed by atoms with Crippen LogP contribution in [0.1, 0.15) is 29.0 Å². The molecule has 0 amide bonds. The fourth-order valence-electron chi connectivity index (χ4n) is 2.04. The van der Waals surface area contributed by atoms with Gasteiger partial charge in [0.2, 0.25) is 0 Å². The van der Waals surface area contributed by atoms with E-state index in [1.54, 1.807) is 24.3 Å². The third kappa shape index (κ3) is 2.66. The smallest absolute Gasteiger partial charge is 0.206 e. The van der Waals surface area contributed by atoms with E-state index < -0.39 is 11.8 Å². The summed E-state index contributed by atoms with van der Waals surface area (Å²) in [6.45, 7) is 0. The minimum absolute atomic E-state index is 0.0258. The van der Waals surface area contributed by atoms with Gasteiger partial charge in [0.15, 0.2) is 0 Å². The Morgan fingerprint density at radius 1 is 0.842 bits per heavy atom. The third-order valence-electron chi connectivity index (χ3n) is 3.26. The van der Waals surface area contributed by atoms with E-state index in [-0.39, 0.29) is 6.42 Å². The third-order valence-corrected chi connectivity index (χ3v) is 3.26. The first-order valence-corrected chi connectivity index (χ1v) is 6.20. The molecule has 1 fully saturated rings. The molecule has 0 heterocycles. The van der Waals surface area contributed by atoms with Crippen molar-refractivity contribution in [1.82, 2.24) is 0 Å². The zero-order valence-electron chi connectivity index (χ0n) is 10.2. The van der Waals surface area contributed by atoms with Crippen LogP contribution >= 0.6 is 0 Å². The maximum atomic E-state index is 12.9. The molecule has 0 spiro atoms. The Bertz CT molecular complexity index is 630. The first kappa shape index (κ1) is 11.9. The molecule has 2 aromatic carbocycles. The molecule has 0 saturated heterocycles. The summed E-state index contributed by atoms with van der Waals surface area (Å²) in [7, 11) is 0. The summed E-state index contributed by atoms with van der Waals surface area (Å²) in [5.41, 5.74) is 2.49. The van der Waals surface area contributed by atoms with Gasteiger partial charge >= 0.3 is 0 Å². The Labute approximate surface area is 111 Å². The number of hydrogen-bond donors (Lipinski definition) is 0. The number of halogens is 2. The Balaban J connectivity index is 1.76. The van der Waals surface area contributed by atoms with Crippen molar-refractivity contribution >= 4 is 0 Å². The van der Waals surface area contributed by atoms with Crippen molar-refractivity contribution < 1.29 is 8.78 Å². The number of benzene rings is 2. The lowest BCUT2D eigenvalue weighted by molar-refractivity contribution is 0.112. The molecular formula is C17H12F2. The molecule has 1 aliphatic rings. The topological polar surface area (TPSA) is 0 Å². The van der Waals surface area contributed by atoms with Gasteiger partial charge in [-0.3, -0.25) is 0 Å². The fraction of sp³-hybridized carbons (Fsp3) is 0.176. The van der Waals surface area contributed by atoms with Crippen LogP contribution in [0.25, 0.3) is 0 Å². The average molecular weight is 254 g/mol. The van der Waals surface area contributed by atoms with E-state index in [1.807, 2.05) is 30.3 Å². The number of hydrogen-bond acceptors (Lipinski definition) is 0. The van der Waals surface area contributed by atoms with Crippen molar-refractivity contribution in [2.45, 2.75) is 18.3 Å². The van der Waals surface area contributed by atoms with Gasteiger partial charge in [-0.25, -0.2) is 8.78 Å². The van der Waals surface area contributed by atoms with Crippen molar-refractivity contribution in [3.8, 4) is 11.8 Å². The molecule has 94 valence electrons. The van der Waals surface area contributed by atoms with Crippen molar-refractivity contribution in [2.75, 3.05) is 0 Å². The highest BCUT2D eigenvalue weighted by Crippen LogP contribution is 2.55. The maximum Gasteiger partial charge on any atom is 0.255 e. The van der Waals surface area contributed by atoms with Gasteiger partial charge in [-0.15, -0.1) is 0 Å². The zero-order valence-corrected chi connectivity index (χ0v) is 10.2. The van der Waals surface area contributed by atoms with E-state index in [0.29, 0.717) is 5.56 Å². The maximum absolute atomic E-state index is 12.9. The van der Waals surface area contributed by atoms with Gasteiger partial charge in [0.05, 0.1) is 5.92 Å². The van der Waals surface area contributed by atoms with E-state index in [2.05, 4.69) is 11.8 Å². The summed E-state index contributed by atoms with van der Waals surface area (Å²) in [5.74, 6) is 2.98. The predicted octanol–water partition coefficient (Wildman–Crippen LogP) is 4.21. The molecule has 19 heavy (non-hydrogen) atoms. The van der Waals surface area contributed by atoms with Gasteiger partial charge in [0.1, 0.15) is 0 Å². The first-order valence-electron chi connectivity index (χ1n) is 6.20. The highest BCUT2D eigenvalue weighted by molar-refractivity contribution is 5.44. The molecule has 1 atom stereocenters. The first-order chi connectivity index (χ1) is 9.15.